The maximum absolute atomic E-state index is 14.0. The molecule has 26 heavy (non-hydrogen) atoms. The number of nitrogens with zero attached hydrogens (tertiary/aromatic N) is 1. The second-order valence-corrected chi connectivity index (χ2v) is 7.67. The van der Waals surface area contributed by atoms with Gasteiger partial charge in [0, 0.05) is 5.69 Å². The number of anilines is 2. The number of aryl methyl sites for hydroxylation is 1. The van der Waals surface area contributed by atoms with Gasteiger partial charge in [0.25, 0.3) is 0 Å². The summed E-state index contributed by atoms with van der Waals surface area (Å²) in [6, 6.07) is 6.53. The normalized spacial score (nSPS) is 11.3. The molecule has 2 aromatic carbocycles. The molecule has 5 nitrogen and oxygen atoms in total. The average molecular weight is 386 g/mol. The van der Waals surface area contributed by atoms with E-state index >= 15 is 0 Å². The molecule has 0 aliphatic carbocycles. The van der Waals surface area contributed by atoms with Gasteiger partial charge in [-0.2, -0.15) is 0 Å². The van der Waals surface area contributed by atoms with Crippen molar-refractivity contribution in [3.8, 4) is 0 Å². The first-order valence-corrected chi connectivity index (χ1v) is 9.34. The molecular formula is C17H17F3N2O3S. The number of halogens is 3. The van der Waals surface area contributed by atoms with Crippen LogP contribution in [-0.2, 0) is 14.8 Å². The monoisotopic (exact) mass is 386 g/mol. The first kappa shape index (κ1) is 19.8. The zero-order valence-corrected chi connectivity index (χ0v) is 15.1. The highest BCUT2D eigenvalue weighted by Gasteiger charge is 2.26. The van der Waals surface area contributed by atoms with Gasteiger partial charge < -0.3 is 5.32 Å². The lowest BCUT2D eigenvalue weighted by Crippen LogP contribution is -2.38. The summed E-state index contributed by atoms with van der Waals surface area (Å²) in [6.45, 7) is 2.81. The van der Waals surface area contributed by atoms with Crippen molar-refractivity contribution in [3.63, 3.8) is 0 Å². The third-order valence-electron chi connectivity index (χ3n) is 3.85. The van der Waals surface area contributed by atoms with E-state index in [1.165, 1.54) is 0 Å². The van der Waals surface area contributed by atoms with E-state index in [9.17, 15) is 26.4 Å². The van der Waals surface area contributed by atoms with Crippen LogP contribution in [0.2, 0.25) is 0 Å². The van der Waals surface area contributed by atoms with E-state index in [4.69, 9.17) is 0 Å². The molecule has 9 heteroatoms. The van der Waals surface area contributed by atoms with Gasteiger partial charge >= 0.3 is 0 Å². The average Bonchev–Trinajstić information content (AvgIpc) is 2.54. The maximum Gasteiger partial charge on any atom is 0.245 e. The zero-order valence-electron chi connectivity index (χ0n) is 14.3. The number of sulfonamides is 1. The van der Waals surface area contributed by atoms with Gasteiger partial charge in [0.15, 0.2) is 17.5 Å². The second kappa shape index (κ2) is 7.36. The lowest BCUT2D eigenvalue weighted by Gasteiger charge is -2.23. The Kier molecular flexibility index (Phi) is 5.60. The summed E-state index contributed by atoms with van der Waals surface area (Å²) in [5.41, 5.74) is 1.41. The number of carbonyl (C=O) groups excluding carboxylic acids is 1. The van der Waals surface area contributed by atoms with Crippen LogP contribution in [0.5, 0.6) is 0 Å². The number of benzene rings is 2. The Balaban J connectivity index is 2.34. The standard InChI is InChI=1S/C17H17F3N2O3S/c1-10-5-4-6-13(11(10)2)21-15(23)9-22(26(3,24)25)14-8-7-12(18)16(19)17(14)20/h4-8H,9H2,1-3H3,(H,21,23). The van der Waals surface area contributed by atoms with Crippen molar-refractivity contribution in [2.45, 2.75) is 13.8 Å². The summed E-state index contributed by atoms with van der Waals surface area (Å²) < 4.78 is 64.8. The first-order valence-electron chi connectivity index (χ1n) is 7.49. The predicted octanol–water partition coefficient (Wildman–Crippen LogP) is 3.13. The first-order chi connectivity index (χ1) is 12.0. The van der Waals surface area contributed by atoms with Crippen LogP contribution in [0.25, 0.3) is 0 Å². The van der Waals surface area contributed by atoms with Gasteiger partial charge in [0.05, 0.1) is 11.9 Å². The molecule has 0 atom stereocenters. The van der Waals surface area contributed by atoms with E-state index < -0.39 is 45.6 Å². The maximum atomic E-state index is 14.0. The number of rotatable bonds is 5. The quantitative estimate of drug-likeness (QED) is 0.803. The fourth-order valence-corrected chi connectivity index (χ4v) is 3.15. The van der Waals surface area contributed by atoms with Crippen molar-refractivity contribution in [2.75, 3.05) is 22.4 Å². The van der Waals surface area contributed by atoms with Gasteiger partial charge in [-0.3, -0.25) is 9.10 Å². The highest BCUT2D eigenvalue weighted by molar-refractivity contribution is 7.92. The summed E-state index contributed by atoms with van der Waals surface area (Å²) in [6.07, 6.45) is 0.735. The Morgan fingerprint density at radius 2 is 1.73 bits per heavy atom. The molecule has 0 heterocycles. The molecule has 0 aromatic heterocycles. The van der Waals surface area contributed by atoms with E-state index in [0.717, 1.165) is 23.4 Å². The van der Waals surface area contributed by atoms with Gasteiger partial charge in [-0.15, -0.1) is 0 Å². The van der Waals surface area contributed by atoms with Crippen LogP contribution in [0.15, 0.2) is 30.3 Å². The van der Waals surface area contributed by atoms with Crippen molar-refractivity contribution in [1.82, 2.24) is 0 Å². The third-order valence-corrected chi connectivity index (χ3v) is 4.98. The molecule has 0 spiro atoms. The van der Waals surface area contributed by atoms with Gasteiger partial charge in [-0.05, 0) is 43.2 Å². The van der Waals surface area contributed by atoms with E-state index in [0.29, 0.717) is 16.1 Å². The van der Waals surface area contributed by atoms with Crippen LogP contribution in [0, 0.1) is 31.3 Å². The summed E-state index contributed by atoms with van der Waals surface area (Å²) in [4.78, 5) is 12.3. The van der Waals surface area contributed by atoms with E-state index in [2.05, 4.69) is 5.32 Å². The van der Waals surface area contributed by atoms with Crippen LogP contribution >= 0.6 is 0 Å². The molecule has 2 aromatic rings. The third kappa shape index (κ3) is 4.16. The van der Waals surface area contributed by atoms with E-state index in [-0.39, 0.29) is 0 Å². The largest absolute Gasteiger partial charge is 0.324 e. The summed E-state index contributed by atoms with van der Waals surface area (Å²) >= 11 is 0. The number of amides is 1. The number of hydrogen-bond donors (Lipinski definition) is 1. The molecule has 1 N–H and O–H groups in total. The van der Waals surface area contributed by atoms with Gasteiger partial charge in [0.1, 0.15) is 6.54 Å². The Hall–Kier alpha value is -2.55. The Labute approximate surface area is 149 Å². The molecule has 0 saturated heterocycles. The smallest absolute Gasteiger partial charge is 0.245 e. The molecule has 140 valence electrons. The highest BCUT2D eigenvalue weighted by Crippen LogP contribution is 2.26. The van der Waals surface area contributed by atoms with Gasteiger partial charge in [-0.25, -0.2) is 21.6 Å². The molecule has 0 radical (unpaired) electrons. The van der Waals surface area contributed by atoms with Crippen LogP contribution in [0.4, 0.5) is 24.5 Å². The lowest BCUT2D eigenvalue weighted by atomic mass is 10.1. The van der Waals surface area contributed by atoms with Crippen LogP contribution < -0.4 is 9.62 Å². The minimum atomic E-state index is -4.13. The Morgan fingerprint density at radius 3 is 2.35 bits per heavy atom. The molecule has 1 amide bonds. The molecule has 0 bridgehead atoms. The van der Waals surface area contributed by atoms with Crippen LogP contribution in [0.1, 0.15) is 11.1 Å². The molecule has 0 fully saturated rings. The van der Waals surface area contributed by atoms with Crippen molar-refractivity contribution in [1.29, 1.82) is 0 Å². The van der Waals surface area contributed by atoms with Crippen LogP contribution in [-0.4, -0.2) is 27.1 Å². The molecule has 0 aliphatic heterocycles. The summed E-state index contributed by atoms with van der Waals surface area (Å²) in [5.74, 6) is -5.71. The minimum Gasteiger partial charge on any atom is -0.324 e. The van der Waals surface area contributed by atoms with E-state index in [1.54, 1.807) is 19.1 Å². The second-order valence-electron chi connectivity index (χ2n) is 5.76. The SMILES string of the molecule is Cc1cccc(NC(=O)CN(c2ccc(F)c(F)c2F)S(C)(=O)=O)c1C. The van der Waals surface area contributed by atoms with Crippen molar-refractivity contribution in [3.05, 3.63) is 58.9 Å². The molecule has 0 aliphatic rings. The van der Waals surface area contributed by atoms with E-state index in [1.807, 2.05) is 13.0 Å². The number of carbonyl (C=O) groups is 1. The summed E-state index contributed by atoms with van der Waals surface area (Å²) in [5, 5.41) is 2.53. The summed E-state index contributed by atoms with van der Waals surface area (Å²) in [7, 11) is -4.13. The van der Waals surface area contributed by atoms with Crippen molar-refractivity contribution >= 4 is 27.3 Å². The van der Waals surface area contributed by atoms with Gasteiger partial charge in [-0.1, -0.05) is 12.1 Å². The molecule has 0 unspecified atom stereocenters. The topological polar surface area (TPSA) is 66.5 Å². The van der Waals surface area contributed by atoms with Gasteiger partial charge in [0.2, 0.25) is 15.9 Å². The van der Waals surface area contributed by atoms with Crippen molar-refractivity contribution in [2.24, 2.45) is 0 Å². The zero-order chi connectivity index (χ0) is 19.6. The fourth-order valence-electron chi connectivity index (χ4n) is 2.30. The number of nitrogens with one attached hydrogen (secondary N) is 1. The molecule has 2 rings (SSSR count). The van der Waals surface area contributed by atoms with Crippen LogP contribution in [0.3, 0.4) is 0 Å². The Morgan fingerprint density at radius 1 is 1.08 bits per heavy atom. The van der Waals surface area contributed by atoms with Crippen molar-refractivity contribution < 1.29 is 26.4 Å². The highest BCUT2D eigenvalue weighted by atomic mass is 32.2. The minimum absolute atomic E-state index is 0.380. The molecular weight excluding hydrogens is 369 g/mol. The molecule has 0 saturated carbocycles. The number of hydrogen-bond acceptors (Lipinski definition) is 3. The lowest BCUT2D eigenvalue weighted by molar-refractivity contribution is -0.114. The fraction of sp³-hybridized carbons (Fsp3) is 0.235. The predicted molar refractivity (Wildman–Crippen MR) is 93.1 cm³/mol. The Bertz CT molecular complexity index is 962.